The van der Waals surface area contributed by atoms with Crippen molar-refractivity contribution < 1.29 is 23.1 Å². The number of carboxylic acids is 1. The highest BCUT2D eigenvalue weighted by molar-refractivity contribution is 5.81. The lowest BCUT2D eigenvalue weighted by molar-refractivity contribution is -0.192. The number of hydrogen-bond acceptors (Lipinski definition) is 7. The molecule has 5 rings (SSSR count). The molecule has 0 spiro atoms. The van der Waals surface area contributed by atoms with Crippen molar-refractivity contribution in [2.45, 2.75) is 33.1 Å². The van der Waals surface area contributed by atoms with Crippen LogP contribution in [0.2, 0.25) is 0 Å². The van der Waals surface area contributed by atoms with Crippen LogP contribution in [0.3, 0.4) is 0 Å². The molecule has 0 unspecified atom stereocenters. The van der Waals surface area contributed by atoms with Crippen LogP contribution in [0.25, 0.3) is 33.6 Å². The van der Waals surface area contributed by atoms with E-state index >= 15 is 0 Å². The van der Waals surface area contributed by atoms with Crippen molar-refractivity contribution in [3.8, 4) is 11.5 Å². The van der Waals surface area contributed by atoms with Crippen LogP contribution in [0.5, 0.6) is 0 Å². The Bertz CT molecular complexity index is 1720. The molecule has 0 saturated heterocycles. The van der Waals surface area contributed by atoms with E-state index in [0.717, 1.165) is 33.2 Å². The second-order valence-electron chi connectivity index (χ2n) is 8.47. The number of aromatic amines is 2. The van der Waals surface area contributed by atoms with E-state index in [1.165, 1.54) is 0 Å². The van der Waals surface area contributed by atoms with Gasteiger partial charge in [0, 0.05) is 19.6 Å². The Kier molecular flexibility index (Phi) is 7.26. The highest BCUT2D eigenvalue weighted by Gasteiger charge is 2.38. The molecule has 2 aromatic carbocycles. The van der Waals surface area contributed by atoms with Crippen LogP contribution in [-0.4, -0.2) is 53.3 Å². The van der Waals surface area contributed by atoms with Gasteiger partial charge in [0.2, 0.25) is 0 Å². The number of nitrogens with one attached hydrogen (secondary N) is 3. The SMILES string of the molecule is Cc1cc2nc3c(=O)[nH]c(=O)nc-3n(CCNCc3ccc4[nH]cnc4c3)c2cc1C.O=C(O)C(F)(F)F. The van der Waals surface area contributed by atoms with Crippen LogP contribution in [0.15, 0.2) is 46.2 Å². The molecule has 11 nitrogen and oxygen atoms in total. The number of rotatable bonds is 5. The lowest BCUT2D eigenvalue weighted by atomic mass is 10.1. The molecule has 0 saturated carbocycles. The second-order valence-corrected chi connectivity index (χ2v) is 8.47. The van der Waals surface area contributed by atoms with Gasteiger partial charge in [-0.3, -0.25) is 9.78 Å². The minimum atomic E-state index is -5.08. The van der Waals surface area contributed by atoms with Gasteiger partial charge in [0.1, 0.15) is 0 Å². The highest BCUT2D eigenvalue weighted by atomic mass is 19.4. The molecule has 3 heterocycles. The molecule has 38 heavy (non-hydrogen) atoms. The molecule has 0 fully saturated rings. The minimum Gasteiger partial charge on any atom is -0.475 e. The second kappa shape index (κ2) is 10.4. The first kappa shape index (κ1) is 26.5. The van der Waals surface area contributed by atoms with E-state index in [1.54, 1.807) is 6.33 Å². The van der Waals surface area contributed by atoms with E-state index in [2.05, 4.69) is 36.3 Å². The molecule has 0 atom stereocenters. The van der Waals surface area contributed by atoms with Gasteiger partial charge in [0.25, 0.3) is 5.56 Å². The summed E-state index contributed by atoms with van der Waals surface area (Å²) in [6, 6.07) is 10.1. The van der Waals surface area contributed by atoms with Gasteiger partial charge in [0.15, 0.2) is 11.5 Å². The Labute approximate surface area is 211 Å². The Morgan fingerprint density at radius 2 is 1.79 bits per heavy atom. The van der Waals surface area contributed by atoms with Crippen molar-refractivity contribution in [2.75, 3.05) is 6.54 Å². The van der Waals surface area contributed by atoms with E-state index in [0.29, 0.717) is 31.0 Å². The van der Waals surface area contributed by atoms with E-state index in [1.807, 2.05) is 42.7 Å². The molecule has 4 N–H and O–H groups in total. The van der Waals surface area contributed by atoms with Crippen molar-refractivity contribution in [3.63, 3.8) is 0 Å². The lowest BCUT2D eigenvalue weighted by Crippen LogP contribution is -2.30. The first-order valence-electron chi connectivity index (χ1n) is 11.3. The monoisotopic (exact) mass is 529 g/mol. The number of halogens is 3. The molecule has 0 aliphatic carbocycles. The minimum absolute atomic E-state index is 0.166. The van der Waals surface area contributed by atoms with Gasteiger partial charge in [-0.1, -0.05) is 6.07 Å². The zero-order valence-electron chi connectivity index (χ0n) is 20.2. The van der Waals surface area contributed by atoms with Crippen LogP contribution < -0.4 is 16.6 Å². The van der Waals surface area contributed by atoms with Crippen LogP contribution in [0, 0.1) is 13.8 Å². The maximum absolute atomic E-state index is 12.4. The molecule has 0 amide bonds. The number of H-pyrrole nitrogens is 2. The van der Waals surface area contributed by atoms with E-state index in [4.69, 9.17) is 9.90 Å². The maximum Gasteiger partial charge on any atom is 0.490 e. The molecule has 0 bridgehead atoms. The molecule has 0 radical (unpaired) electrons. The Hall–Kier alpha value is -4.59. The average Bonchev–Trinajstić information content (AvgIpc) is 3.31. The first-order chi connectivity index (χ1) is 17.9. The van der Waals surface area contributed by atoms with Crippen molar-refractivity contribution in [2.24, 2.45) is 0 Å². The van der Waals surface area contributed by atoms with Crippen LogP contribution in [0.4, 0.5) is 13.2 Å². The predicted octanol–water partition coefficient (Wildman–Crippen LogP) is 2.50. The predicted molar refractivity (Wildman–Crippen MR) is 132 cm³/mol. The standard InChI is InChI=1S/C22H21N7O2.C2HF3O2/c1-12-7-17-18(8-13(12)2)29(20-19(26-17)21(30)28-22(31)27-20)6-5-23-10-14-3-4-15-16(9-14)25-11-24-15;3-2(4,5)1(6)7/h3-4,7-9,11,23H,5-6,10H2,1-2H3,(H,24,25)(H,28,30,31);(H,6,7). The highest BCUT2D eigenvalue weighted by Crippen LogP contribution is 2.23. The van der Waals surface area contributed by atoms with Gasteiger partial charge in [-0.05, 0) is 54.8 Å². The number of fused-ring (bicyclic) bond motifs is 3. The van der Waals surface area contributed by atoms with Crippen LogP contribution in [-0.2, 0) is 17.9 Å². The third-order valence-corrected chi connectivity index (χ3v) is 5.79. The van der Waals surface area contributed by atoms with E-state index in [-0.39, 0.29) is 5.69 Å². The molecule has 2 aliphatic heterocycles. The number of aliphatic carboxylic acids is 1. The number of imidazole rings is 1. The van der Waals surface area contributed by atoms with Gasteiger partial charge in [-0.15, -0.1) is 0 Å². The van der Waals surface area contributed by atoms with Crippen LogP contribution >= 0.6 is 0 Å². The molecule has 1 aromatic heterocycles. The molecule has 2 aliphatic rings. The van der Waals surface area contributed by atoms with Crippen molar-refractivity contribution in [1.29, 1.82) is 0 Å². The summed E-state index contributed by atoms with van der Waals surface area (Å²) < 4.78 is 33.6. The first-order valence-corrected chi connectivity index (χ1v) is 11.3. The fraction of sp³-hybridized carbons (Fsp3) is 0.250. The third-order valence-electron chi connectivity index (χ3n) is 5.79. The molecular formula is C24H22F3N7O4. The van der Waals surface area contributed by atoms with Gasteiger partial charge in [-0.25, -0.2) is 19.6 Å². The number of benzene rings is 2. The normalized spacial score (nSPS) is 11.6. The molecular weight excluding hydrogens is 507 g/mol. The number of aromatic nitrogens is 6. The number of aryl methyl sites for hydroxylation is 2. The fourth-order valence-corrected chi connectivity index (χ4v) is 3.79. The Balaban J connectivity index is 0.000000426. The quantitative estimate of drug-likeness (QED) is 0.200. The summed E-state index contributed by atoms with van der Waals surface area (Å²) in [6.45, 7) is 5.85. The third kappa shape index (κ3) is 5.70. The topological polar surface area (TPSA) is 159 Å². The smallest absolute Gasteiger partial charge is 0.475 e. The van der Waals surface area contributed by atoms with Gasteiger partial charge < -0.3 is 20.0 Å². The lowest BCUT2D eigenvalue weighted by Gasteiger charge is -2.18. The zero-order chi connectivity index (χ0) is 27.6. The van der Waals surface area contributed by atoms with Crippen molar-refractivity contribution in [1.82, 2.24) is 34.8 Å². The summed E-state index contributed by atoms with van der Waals surface area (Å²) in [5.41, 5.74) is 5.76. The molecule has 3 aromatic rings. The summed E-state index contributed by atoms with van der Waals surface area (Å²) in [6.07, 6.45) is -3.40. The number of nitrogens with zero attached hydrogens (tertiary/aromatic N) is 4. The number of hydrogen-bond donors (Lipinski definition) is 4. The van der Waals surface area contributed by atoms with Gasteiger partial charge in [-0.2, -0.15) is 18.2 Å². The average molecular weight is 529 g/mol. The summed E-state index contributed by atoms with van der Waals surface area (Å²) in [5.74, 6) is -2.46. The summed E-state index contributed by atoms with van der Waals surface area (Å²) in [5, 5.41) is 10.5. The van der Waals surface area contributed by atoms with E-state index < -0.39 is 23.4 Å². The summed E-state index contributed by atoms with van der Waals surface area (Å²) >= 11 is 0. The molecule has 198 valence electrons. The van der Waals surface area contributed by atoms with Crippen molar-refractivity contribution >= 4 is 28.0 Å². The zero-order valence-corrected chi connectivity index (χ0v) is 20.2. The number of carbonyl (C=O) groups is 1. The van der Waals surface area contributed by atoms with E-state index in [9.17, 15) is 22.8 Å². The Morgan fingerprint density at radius 3 is 2.50 bits per heavy atom. The number of carboxylic acid groups (broad SMARTS) is 1. The summed E-state index contributed by atoms with van der Waals surface area (Å²) in [7, 11) is 0. The van der Waals surface area contributed by atoms with Crippen molar-refractivity contribution in [3.05, 3.63) is 74.2 Å². The largest absolute Gasteiger partial charge is 0.490 e. The number of alkyl halides is 3. The van der Waals surface area contributed by atoms with Gasteiger partial charge in [0.05, 0.1) is 28.4 Å². The maximum atomic E-state index is 12.4. The fourth-order valence-electron chi connectivity index (χ4n) is 3.79. The molecule has 14 heteroatoms. The summed E-state index contributed by atoms with van der Waals surface area (Å²) in [4.78, 5) is 51.3. The van der Waals surface area contributed by atoms with Crippen LogP contribution in [0.1, 0.15) is 16.7 Å². The Morgan fingerprint density at radius 1 is 1.08 bits per heavy atom. The van der Waals surface area contributed by atoms with Gasteiger partial charge >= 0.3 is 17.8 Å².